The number of rotatable bonds is 6. The molecule has 6 heteroatoms. The van der Waals surface area contributed by atoms with Crippen LogP contribution in [0.2, 0.25) is 0 Å². The lowest BCUT2D eigenvalue weighted by Crippen LogP contribution is -2.40. The molecule has 6 nitrogen and oxygen atoms in total. The van der Waals surface area contributed by atoms with Gasteiger partial charge in [0.15, 0.2) is 5.96 Å². The molecule has 3 aromatic rings. The molecule has 0 amide bonds. The molecule has 2 N–H and O–H groups in total. The van der Waals surface area contributed by atoms with Gasteiger partial charge in [-0.1, -0.05) is 30.3 Å². The van der Waals surface area contributed by atoms with Crippen molar-refractivity contribution < 1.29 is 4.74 Å². The van der Waals surface area contributed by atoms with E-state index in [0.717, 1.165) is 62.1 Å². The van der Waals surface area contributed by atoms with Crippen LogP contribution in [0.5, 0.6) is 5.75 Å². The van der Waals surface area contributed by atoms with Gasteiger partial charge in [-0.15, -0.1) is 0 Å². The van der Waals surface area contributed by atoms with E-state index >= 15 is 0 Å². The number of ether oxygens (including phenoxy) is 1. The van der Waals surface area contributed by atoms with Crippen molar-refractivity contribution in [2.45, 2.75) is 32.2 Å². The average Bonchev–Trinajstić information content (AvgIpc) is 3.08. The number of imidazole rings is 1. The Balaban J connectivity index is 1.27. The van der Waals surface area contributed by atoms with Gasteiger partial charge in [-0.25, -0.2) is 4.98 Å². The molecule has 0 spiro atoms. The number of aromatic nitrogens is 2. The second-order valence-corrected chi connectivity index (χ2v) is 7.40. The topological polar surface area (TPSA) is 63.5 Å². The summed E-state index contributed by atoms with van der Waals surface area (Å²) in [6.07, 6.45) is 2.02. The first-order chi connectivity index (χ1) is 14.3. The van der Waals surface area contributed by atoms with Crippen LogP contribution < -0.4 is 15.4 Å². The molecule has 2 aromatic carbocycles. The highest BCUT2D eigenvalue weighted by Gasteiger charge is 2.21. The summed E-state index contributed by atoms with van der Waals surface area (Å²) < 4.78 is 8.04. The van der Waals surface area contributed by atoms with E-state index in [4.69, 9.17) is 4.74 Å². The van der Waals surface area contributed by atoms with E-state index in [2.05, 4.69) is 68.5 Å². The maximum Gasteiger partial charge on any atom is 0.190 e. The van der Waals surface area contributed by atoms with Crippen LogP contribution in [0.3, 0.4) is 0 Å². The molecule has 1 atom stereocenters. The summed E-state index contributed by atoms with van der Waals surface area (Å²) in [4.78, 5) is 9.01. The molecule has 0 saturated carbocycles. The number of benzene rings is 2. The minimum absolute atomic E-state index is 0.443. The number of hydrogen-bond donors (Lipinski definition) is 2. The summed E-state index contributed by atoms with van der Waals surface area (Å²) in [6.45, 7) is 5.48. The molecule has 2 heterocycles. The second-order valence-electron chi connectivity index (χ2n) is 7.40. The van der Waals surface area contributed by atoms with Crippen molar-refractivity contribution in [3.63, 3.8) is 0 Å². The highest BCUT2D eigenvalue weighted by molar-refractivity contribution is 5.79. The van der Waals surface area contributed by atoms with Crippen LogP contribution in [0.4, 0.5) is 0 Å². The molecule has 1 aliphatic rings. The van der Waals surface area contributed by atoms with Crippen LogP contribution in [0.1, 0.15) is 30.1 Å². The van der Waals surface area contributed by atoms with Gasteiger partial charge in [0.1, 0.15) is 11.6 Å². The molecular weight excluding hydrogens is 362 g/mol. The van der Waals surface area contributed by atoms with Crippen molar-refractivity contribution in [1.29, 1.82) is 0 Å². The number of para-hydroxylation sites is 3. The van der Waals surface area contributed by atoms with Gasteiger partial charge >= 0.3 is 0 Å². The lowest BCUT2D eigenvalue weighted by Gasteiger charge is -2.26. The molecule has 0 bridgehead atoms. The summed E-state index contributed by atoms with van der Waals surface area (Å²) in [5, 5.41) is 6.92. The van der Waals surface area contributed by atoms with Crippen molar-refractivity contribution in [3.05, 3.63) is 59.9 Å². The third kappa shape index (κ3) is 4.36. The number of aliphatic imine (C=N–C) groups is 1. The second kappa shape index (κ2) is 8.99. The first kappa shape index (κ1) is 19.3. The lowest BCUT2D eigenvalue weighted by molar-refractivity contribution is 0.267. The zero-order chi connectivity index (χ0) is 20.1. The van der Waals surface area contributed by atoms with Crippen LogP contribution in [-0.2, 0) is 6.54 Å². The minimum atomic E-state index is 0.443. The fourth-order valence-corrected chi connectivity index (χ4v) is 3.99. The third-order valence-corrected chi connectivity index (χ3v) is 5.52. The van der Waals surface area contributed by atoms with E-state index in [0.29, 0.717) is 5.92 Å². The predicted octanol–water partition coefficient (Wildman–Crippen LogP) is 3.47. The molecule has 29 heavy (non-hydrogen) atoms. The molecule has 1 aliphatic heterocycles. The molecule has 0 saturated heterocycles. The van der Waals surface area contributed by atoms with Gasteiger partial charge in [0.25, 0.3) is 0 Å². The van der Waals surface area contributed by atoms with Gasteiger partial charge in [-0.3, -0.25) is 4.99 Å². The van der Waals surface area contributed by atoms with Gasteiger partial charge in [0, 0.05) is 32.6 Å². The monoisotopic (exact) mass is 391 g/mol. The third-order valence-electron chi connectivity index (χ3n) is 5.52. The van der Waals surface area contributed by atoms with Crippen molar-refractivity contribution in [2.24, 2.45) is 4.99 Å². The van der Waals surface area contributed by atoms with Gasteiger partial charge in [0.05, 0.1) is 17.6 Å². The van der Waals surface area contributed by atoms with Crippen molar-refractivity contribution in [3.8, 4) is 5.75 Å². The predicted molar refractivity (Wildman–Crippen MR) is 118 cm³/mol. The number of nitrogens with zero attached hydrogens (tertiary/aromatic N) is 3. The first-order valence-electron chi connectivity index (χ1n) is 10.3. The van der Waals surface area contributed by atoms with Crippen molar-refractivity contribution in [1.82, 2.24) is 20.2 Å². The normalized spacial score (nSPS) is 16.3. The Bertz CT molecular complexity index is 994. The summed E-state index contributed by atoms with van der Waals surface area (Å²) in [7, 11) is 1.82. The average molecular weight is 392 g/mol. The van der Waals surface area contributed by atoms with Crippen LogP contribution in [0.15, 0.2) is 53.5 Å². The number of guanidine groups is 1. The van der Waals surface area contributed by atoms with E-state index in [1.54, 1.807) is 0 Å². The summed E-state index contributed by atoms with van der Waals surface area (Å²) in [5.41, 5.74) is 3.54. The van der Waals surface area contributed by atoms with Crippen LogP contribution in [0, 0.1) is 6.92 Å². The van der Waals surface area contributed by atoms with Gasteiger partial charge in [-0.05, 0) is 43.5 Å². The van der Waals surface area contributed by atoms with Crippen molar-refractivity contribution in [2.75, 3.05) is 26.7 Å². The summed E-state index contributed by atoms with van der Waals surface area (Å²) >= 11 is 0. The Morgan fingerprint density at radius 3 is 2.90 bits per heavy atom. The molecule has 1 aromatic heterocycles. The van der Waals surface area contributed by atoms with Crippen LogP contribution in [0.25, 0.3) is 11.0 Å². The molecule has 152 valence electrons. The summed E-state index contributed by atoms with van der Waals surface area (Å²) in [5.74, 6) is 3.36. The Morgan fingerprint density at radius 2 is 2.00 bits per heavy atom. The SMILES string of the molecule is CN=C(NCCCn1c(C)nc2ccccc21)NCC1CCOc2ccccc21. The molecule has 0 radical (unpaired) electrons. The highest BCUT2D eigenvalue weighted by atomic mass is 16.5. The van der Waals surface area contributed by atoms with Gasteiger partial charge < -0.3 is 19.9 Å². The van der Waals surface area contributed by atoms with E-state index in [-0.39, 0.29) is 0 Å². The number of aryl methyl sites for hydroxylation is 2. The molecule has 0 aliphatic carbocycles. The number of fused-ring (bicyclic) bond motifs is 2. The quantitative estimate of drug-likeness (QED) is 0.384. The Hall–Kier alpha value is -3.02. The zero-order valence-corrected chi connectivity index (χ0v) is 17.2. The Labute approximate surface area is 172 Å². The standard InChI is InChI=1S/C23H29N5O/c1-17-27-20-9-4-5-10-21(20)28(17)14-7-13-25-23(24-2)26-16-18-12-15-29-22-11-6-3-8-19(18)22/h3-6,8-11,18H,7,12-16H2,1-2H3,(H2,24,25,26). The maximum absolute atomic E-state index is 5.76. The van der Waals surface area contributed by atoms with E-state index < -0.39 is 0 Å². The van der Waals surface area contributed by atoms with Gasteiger partial charge in [0.2, 0.25) is 0 Å². The van der Waals surface area contributed by atoms with E-state index in [1.165, 1.54) is 11.1 Å². The van der Waals surface area contributed by atoms with Gasteiger partial charge in [-0.2, -0.15) is 0 Å². The van der Waals surface area contributed by atoms with E-state index in [1.807, 2.05) is 19.2 Å². The molecule has 4 rings (SSSR count). The van der Waals surface area contributed by atoms with Crippen LogP contribution in [-0.4, -0.2) is 42.3 Å². The van der Waals surface area contributed by atoms with Crippen LogP contribution >= 0.6 is 0 Å². The smallest absolute Gasteiger partial charge is 0.190 e. The lowest BCUT2D eigenvalue weighted by atomic mass is 9.93. The fourth-order valence-electron chi connectivity index (χ4n) is 3.99. The van der Waals surface area contributed by atoms with Crippen molar-refractivity contribution >= 4 is 17.0 Å². The number of hydrogen-bond acceptors (Lipinski definition) is 3. The summed E-state index contributed by atoms with van der Waals surface area (Å²) in [6, 6.07) is 16.6. The van der Waals surface area contributed by atoms with E-state index in [9.17, 15) is 0 Å². The first-order valence-corrected chi connectivity index (χ1v) is 10.3. The Morgan fingerprint density at radius 1 is 1.17 bits per heavy atom. The largest absolute Gasteiger partial charge is 0.493 e. The minimum Gasteiger partial charge on any atom is -0.493 e. The molecular formula is C23H29N5O. The Kier molecular flexibility index (Phi) is 5.98. The fraction of sp³-hybridized carbons (Fsp3) is 0.391. The molecule has 1 unspecified atom stereocenters. The number of nitrogens with one attached hydrogen (secondary N) is 2. The molecule has 0 fully saturated rings. The maximum atomic E-state index is 5.76. The zero-order valence-electron chi connectivity index (χ0n) is 17.2. The highest BCUT2D eigenvalue weighted by Crippen LogP contribution is 2.32.